The van der Waals surface area contributed by atoms with Crippen molar-refractivity contribution in [1.29, 1.82) is 0 Å². The Morgan fingerprint density at radius 3 is 2.91 bits per heavy atom. The van der Waals surface area contributed by atoms with Crippen LogP contribution in [0.25, 0.3) is 11.0 Å². The number of hydrogen-bond donors (Lipinski definition) is 1. The number of carbonyl (C=O) groups excluding carboxylic acids is 2. The molecular formula is C16H17NO5. The summed E-state index contributed by atoms with van der Waals surface area (Å²) in [7, 11) is 1.23. The number of carbonyl (C=O) groups is 2. The summed E-state index contributed by atoms with van der Waals surface area (Å²) < 4.78 is 15.4. The van der Waals surface area contributed by atoms with Gasteiger partial charge in [-0.25, -0.2) is 9.59 Å². The van der Waals surface area contributed by atoms with Gasteiger partial charge < -0.3 is 19.2 Å². The number of methoxy groups -OCH3 is 1. The zero-order chi connectivity index (χ0) is 15.5. The molecule has 0 aliphatic heterocycles. The number of fused-ring (bicyclic) bond motifs is 3. The van der Waals surface area contributed by atoms with Crippen molar-refractivity contribution in [2.75, 3.05) is 13.7 Å². The van der Waals surface area contributed by atoms with E-state index in [0.29, 0.717) is 5.75 Å². The number of esters is 1. The molecule has 1 aromatic heterocycles. The third-order valence-corrected chi connectivity index (χ3v) is 3.72. The Bertz CT molecular complexity index is 719. The summed E-state index contributed by atoms with van der Waals surface area (Å²) in [5, 5.41) is 3.28. The highest BCUT2D eigenvalue weighted by molar-refractivity contribution is 5.85. The number of benzene rings is 1. The van der Waals surface area contributed by atoms with Gasteiger partial charge in [-0.15, -0.1) is 0 Å². The second-order valence-corrected chi connectivity index (χ2v) is 5.19. The van der Waals surface area contributed by atoms with Crippen LogP contribution in [-0.4, -0.2) is 25.7 Å². The minimum absolute atomic E-state index is 0.242. The third kappa shape index (κ3) is 2.90. The van der Waals surface area contributed by atoms with Gasteiger partial charge in [0.2, 0.25) is 0 Å². The molecule has 22 heavy (non-hydrogen) atoms. The SMILES string of the molecule is COC(=O)NCC(=O)Oc1ccc2oc3c(c2c1)CCCC3. The van der Waals surface area contributed by atoms with E-state index < -0.39 is 12.1 Å². The molecule has 1 aliphatic rings. The third-order valence-electron chi connectivity index (χ3n) is 3.72. The van der Waals surface area contributed by atoms with E-state index in [4.69, 9.17) is 9.15 Å². The first-order valence-electron chi connectivity index (χ1n) is 7.24. The van der Waals surface area contributed by atoms with Crippen LogP contribution in [0.4, 0.5) is 4.79 Å². The van der Waals surface area contributed by atoms with Gasteiger partial charge in [0.1, 0.15) is 23.6 Å². The van der Waals surface area contributed by atoms with Crippen molar-refractivity contribution < 1.29 is 23.5 Å². The maximum Gasteiger partial charge on any atom is 0.407 e. The number of rotatable bonds is 3. The molecule has 1 N–H and O–H groups in total. The van der Waals surface area contributed by atoms with Crippen molar-refractivity contribution in [3.05, 3.63) is 29.5 Å². The molecule has 0 saturated heterocycles. The first-order valence-corrected chi connectivity index (χ1v) is 7.24. The Morgan fingerprint density at radius 1 is 1.27 bits per heavy atom. The number of nitrogens with one attached hydrogen (secondary N) is 1. The molecule has 6 heteroatoms. The largest absolute Gasteiger partial charge is 0.461 e. The van der Waals surface area contributed by atoms with E-state index in [1.165, 1.54) is 12.7 Å². The second-order valence-electron chi connectivity index (χ2n) is 5.19. The smallest absolute Gasteiger partial charge is 0.407 e. The molecule has 1 heterocycles. The molecule has 2 aromatic rings. The van der Waals surface area contributed by atoms with Crippen LogP contribution in [0, 0.1) is 0 Å². The number of aryl methyl sites for hydroxylation is 2. The van der Waals surface area contributed by atoms with E-state index in [2.05, 4.69) is 10.1 Å². The molecule has 116 valence electrons. The highest BCUT2D eigenvalue weighted by atomic mass is 16.5. The van der Waals surface area contributed by atoms with Crippen LogP contribution in [0.3, 0.4) is 0 Å². The van der Waals surface area contributed by atoms with E-state index in [-0.39, 0.29) is 6.54 Å². The van der Waals surface area contributed by atoms with Crippen molar-refractivity contribution in [2.45, 2.75) is 25.7 Å². The zero-order valence-electron chi connectivity index (χ0n) is 12.3. The molecule has 3 rings (SSSR count). The number of hydrogen-bond acceptors (Lipinski definition) is 5. The summed E-state index contributed by atoms with van der Waals surface area (Å²) in [5.41, 5.74) is 2.03. The summed E-state index contributed by atoms with van der Waals surface area (Å²) in [6, 6.07) is 5.32. The van der Waals surface area contributed by atoms with Crippen molar-refractivity contribution in [3.63, 3.8) is 0 Å². The normalized spacial score (nSPS) is 13.5. The average Bonchev–Trinajstić information content (AvgIpc) is 2.90. The van der Waals surface area contributed by atoms with Gasteiger partial charge in [0.15, 0.2) is 0 Å². The van der Waals surface area contributed by atoms with Gasteiger partial charge in [0.05, 0.1) is 7.11 Å². The van der Waals surface area contributed by atoms with Crippen LogP contribution in [0.2, 0.25) is 0 Å². The zero-order valence-corrected chi connectivity index (χ0v) is 12.3. The van der Waals surface area contributed by atoms with Gasteiger partial charge in [-0.2, -0.15) is 0 Å². The highest BCUT2D eigenvalue weighted by Gasteiger charge is 2.18. The molecule has 1 aliphatic carbocycles. The van der Waals surface area contributed by atoms with E-state index in [9.17, 15) is 9.59 Å². The Kier molecular flexibility index (Phi) is 4.00. The fraction of sp³-hybridized carbons (Fsp3) is 0.375. The number of alkyl carbamates (subject to hydrolysis) is 1. The minimum atomic E-state index is -0.670. The van der Waals surface area contributed by atoms with Crippen molar-refractivity contribution in [3.8, 4) is 5.75 Å². The van der Waals surface area contributed by atoms with Crippen molar-refractivity contribution >= 4 is 23.0 Å². The fourth-order valence-electron chi connectivity index (χ4n) is 2.69. The number of furan rings is 1. The Balaban J connectivity index is 1.74. The molecule has 0 bridgehead atoms. The van der Waals surface area contributed by atoms with Gasteiger partial charge in [-0.05, 0) is 37.5 Å². The summed E-state index contributed by atoms with van der Waals surface area (Å²) in [4.78, 5) is 22.6. The quantitative estimate of drug-likeness (QED) is 0.696. The van der Waals surface area contributed by atoms with E-state index >= 15 is 0 Å². The van der Waals surface area contributed by atoms with Crippen LogP contribution in [0.5, 0.6) is 5.75 Å². The van der Waals surface area contributed by atoms with Gasteiger partial charge in [0.25, 0.3) is 0 Å². The Labute approximate surface area is 127 Å². The van der Waals surface area contributed by atoms with Gasteiger partial charge in [-0.1, -0.05) is 0 Å². The first-order chi connectivity index (χ1) is 10.7. The lowest BCUT2D eigenvalue weighted by Gasteiger charge is -2.09. The van der Waals surface area contributed by atoms with E-state index in [1.807, 2.05) is 12.1 Å². The second kappa shape index (κ2) is 6.09. The van der Waals surface area contributed by atoms with Crippen LogP contribution < -0.4 is 10.1 Å². The van der Waals surface area contributed by atoms with E-state index in [1.54, 1.807) is 6.07 Å². The molecule has 1 aromatic carbocycles. The van der Waals surface area contributed by atoms with Gasteiger partial charge in [0, 0.05) is 17.4 Å². The molecule has 0 saturated carbocycles. The maximum absolute atomic E-state index is 11.7. The molecular weight excluding hydrogens is 286 g/mol. The first kappa shape index (κ1) is 14.4. The van der Waals surface area contributed by atoms with E-state index in [0.717, 1.165) is 42.4 Å². The molecule has 0 unspecified atom stereocenters. The molecule has 0 atom stereocenters. The number of amides is 1. The summed E-state index contributed by atoms with van der Waals surface area (Å²) in [6.07, 6.45) is 3.57. The van der Waals surface area contributed by atoms with Crippen LogP contribution in [0.15, 0.2) is 22.6 Å². The summed E-state index contributed by atoms with van der Waals surface area (Å²) in [6.45, 7) is -0.242. The highest BCUT2D eigenvalue weighted by Crippen LogP contribution is 2.33. The molecule has 6 nitrogen and oxygen atoms in total. The van der Waals surface area contributed by atoms with Crippen LogP contribution >= 0.6 is 0 Å². The van der Waals surface area contributed by atoms with Crippen LogP contribution in [-0.2, 0) is 22.4 Å². The van der Waals surface area contributed by atoms with Crippen molar-refractivity contribution in [1.82, 2.24) is 5.32 Å². The lowest BCUT2D eigenvalue weighted by atomic mass is 9.96. The monoisotopic (exact) mass is 303 g/mol. The summed E-state index contributed by atoms with van der Waals surface area (Å²) >= 11 is 0. The Hall–Kier alpha value is -2.50. The maximum atomic E-state index is 11.7. The van der Waals surface area contributed by atoms with Crippen molar-refractivity contribution in [2.24, 2.45) is 0 Å². The molecule has 0 fully saturated rings. The molecule has 1 amide bonds. The molecule has 0 radical (unpaired) electrons. The minimum Gasteiger partial charge on any atom is -0.461 e. The van der Waals surface area contributed by atoms with Gasteiger partial charge >= 0.3 is 12.1 Å². The number of ether oxygens (including phenoxy) is 2. The lowest BCUT2D eigenvalue weighted by molar-refractivity contribution is -0.133. The average molecular weight is 303 g/mol. The molecule has 0 spiro atoms. The van der Waals surface area contributed by atoms with Crippen LogP contribution in [0.1, 0.15) is 24.2 Å². The predicted molar refractivity (Wildman–Crippen MR) is 78.9 cm³/mol. The topological polar surface area (TPSA) is 77.8 Å². The van der Waals surface area contributed by atoms with Gasteiger partial charge in [-0.3, -0.25) is 0 Å². The predicted octanol–water partition coefficient (Wildman–Crippen LogP) is 2.57. The standard InChI is InChI=1S/C16H17NO5/c1-20-16(19)17-9-15(18)21-10-6-7-14-12(8-10)11-4-2-3-5-13(11)22-14/h6-8H,2-5,9H2,1H3,(H,17,19). The fourth-order valence-corrected chi connectivity index (χ4v) is 2.69. The lowest BCUT2D eigenvalue weighted by Crippen LogP contribution is -2.31. The Morgan fingerprint density at radius 2 is 2.09 bits per heavy atom. The summed E-state index contributed by atoms with van der Waals surface area (Å²) in [5.74, 6) is 0.928.